The summed E-state index contributed by atoms with van der Waals surface area (Å²) in [7, 11) is -0.143. The molecule has 300 valence electrons. The fraction of sp³-hybridized carbons (Fsp3) is 0.857. The van der Waals surface area contributed by atoms with Gasteiger partial charge in [-0.1, -0.05) is 63.8 Å². The third kappa shape index (κ3) is 7.01. The molecule has 4 heterocycles. The number of fused-ring (bicyclic) bond motifs is 1. The van der Waals surface area contributed by atoms with Gasteiger partial charge in [-0.15, -0.1) is 5.10 Å². The van der Waals surface area contributed by atoms with E-state index in [1.54, 1.807) is 0 Å². The molecular weight excluding hydrogens is 699 g/mol. The lowest BCUT2D eigenvalue weighted by Gasteiger charge is -2.45. The smallest absolute Gasteiger partial charge is 0.410 e. The van der Waals surface area contributed by atoms with Gasteiger partial charge in [0.2, 0.25) is 0 Å². The van der Waals surface area contributed by atoms with Crippen molar-refractivity contribution in [3.8, 4) is 0 Å². The van der Waals surface area contributed by atoms with Gasteiger partial charge in [0.1, 0.15) is 18.4 Å². The minimum Gasteiger partial charge on any atom is -0.448 e. The Balaban J connectivity index is 1.06. The highest BCUT2D eigenvalue weighted by Crippen LogP contribution is 2.61. The predicted octanol–water partition coefficient (Wildman–Crippen LogP) is 7.77. The number of nitrogens with zero attached hydrogens (tertiary/aromatic N) is 5. The zero-order chi connectivity index (χ0) is 37.6. The minimum absolute atomic E-state index is 0.0578. The van der Waals surface area contributed by atoms with Gasteiger partial charge in [0.15, 0.2) is 5.60 Å². The predicted molar refractivity (Wildman–Crippen MR) is 208 cm³/mol. The highest BCUT2D eigenvalue weighted by molar-refractivity contribution is 6.80. The zero-order valence-corrected chi connectivity index (χ0v) is 34.6. The molecule has 1 spiro atoms. The van der Waals surface area contributed by atoms with E-state index in [-0.39, 0.29) is 36.0 Å². The van der Waals surface area contributed by atoms with Crippen molar-refractivity contribution in [2.24, 2.45) is 17.8 Å². The summed E-state index contributed by atoms with van der Waals surface area (Å²) >= 11 is 0. The number of carbonyl (C=O) groups is 2. The van der Waals surface area contributed by atoms with Gasteiger partial charge < -0.3 is 29.1 Å². The molecule has 0 bridgehead atoms. The van der Waals surface area contributed by atoms with Crippen molar-refractivity contribution in [2.75, 3.05) is 26.8 Å². The molecule has 5 fully saturated rings. The minimum atomic E-state index is -1.99. The van der Waals surface area contributed by atoms with Gasteiger partial charge in [-0.3, -0.25) is 9.48 Å². The maximum Gasteiger partial charge on any atom is 0.410 e. The van der Waals surface area contributed by atoms with E-state index < -0.39 is 19.8 Å². The zero-order valence-electron chi connectivity index (χ0n) is 33.6. The Hall–Kier alpha value is -2.28. The molecule has 8 rings (SSSR count). The van der Waals surface area contributed by atoms with E-state index in [2.05, 4.69) is 35.2 Å². The number of aryl methyl sites for hydroxylation is 1. The first-order valence-corrected chi connectivity index (χ1v) is 25.0. The number of aromatic nitrogens is 3. The number of amides is 2. The van der Waals surface area contributed by atoms with Crippen LogP contribution >= 0.6 is 0 Å². The van der Waals surface area contributed by atoms with Crippen LogP contribution in [0.5, 0.6) is 0 Å². The maximum atomic E-state index is 15.4. The summed E-state index contributed by atoms with van der Waals surface area (Å²) in [4.78, 5) is 32.0. The van der Waals surface area contributed by atoms with Crippen molar-refractivity contribution in [3.63, 3.8) is 0 Å². The Bertz CT molecular complexity index is 1540. The molecule has 3 saturated carbocycles. The topological polar surface area (TPSA) is 119 Å². The number of methoxy groups -OCH3 is 1. The van der Waals surface area contributed by atoms with Gasteiger partial charge >= 0.3 is 6.09 Å². The average molecular weight is 766 g/mol. The number of hydrogen-bond acceptors (Lipinski definition) is 8. The number of rotatable bonds is 11. The molecule has 12 heteroatoms. The van der Waals surface area contributed by atoms with E-state index in [0.29, 0.717) is 48.5 Å². The van der Waals surface area contributed by atoms with E-state index in [1.165, 1.54) is 43.4 Å². The van der Waals surface area contributed by atoms with E-state index in [4.69, 9.17) is 14.2 Å². The fourth-order valence-electron chi connectivity index (χ4n) is 12.7. The molecule has 1 aromatic heterocycles. The number of aliphatic hydroxyl groups excluding tert-OH is 1. The highest BCUT2D eigenvalue weighted by Gasteiger charge is 2.67. The number of allylic oxidation sites excluding steroid dienone is 1. The van der Waals surface area contributed by atoms with Crippen LogP contribution in [0.25, 0.3) is 0 Å². The molecule has 2 saturated heterocycles. The number of carbonyl (C=O) groups excluding carboxylic acids is 2. The summed E-state index contributed by atoms with van der Waals surface area (Å²) in [6.07, 6.45) is 20.8. The van der Waals surface area contributed by atoms with Crippen molar-refractivity contribution < 1.29 is 28.9 Å². The molecule has 11 nitrogen and oxygen atoms in total. The third-order valence-electron chi connectivity index (χ3n) is 15.6. The molecule has 54 heavy (non-hydrogen) atoms. The quantitative estimate of drug-likeness (QED) is 0.227. The Morgan fingerprint density at radius 2 is 1.78 bits per heavy atom. The van der Waals surface area contributed by atoms with Crippen LogP contribution in [0.15, 0.2) is 17.5 Å². The van der Waals surface area contributed by atoms with Gasteiger partial charge in [-0.05, 0) is 106 Å². The van der Waals surface area contributed by atoms with E-state index in [1.807, 2.05) is 22.9 Å². The molecule has 3 aliphatic heterocycles. The first kappa shape index (κ1) is 38.6. The van der Waals surface area contributed by atoms with Gasteiger partial charge in [-0.25, -0.2) is 4.79 Å². The Kier molecular flexibility index (Phi) is 11.4. The van der Waals surface area contributed by atoms with E-state index in [9.17, 15) is 9.90 Å². The fourth-order valence-corrected chi connectivity index (χ4v) is 17.8. The van der Waals surface area contributed by atoms with Crippen LogP contribution in [0.3, 0.4) is 0 Å². The molecular formula is C42H67N5O6Si. The molecule has 0 aromatic carbocycles. The second-order valence-corrected chi connectivity index (χ2v) is 23.9. The first-order chi connectivity index (χ1) is 26.1. The molecule has 4 aliphatic carbocycles. The standard InChI is InChI=1S/C42H67N5O6Si/c1-28-39(54(3,4)33-19-17-32(51-2)18-20-33)37(21-22-45-27-35(43-44-45)38(48)30-12-6-5-7-13-30)53-42(28)34-15-8-9-16-36(34)47(40(42)49)26-29-11-10-14-31(25-29)46-23-24-52-41(46)50/h27-33,37-39,48H,5-26H2,1-4H3/t28-,29?,31?,32?,33?,37+,38-,39-,42+/m1/s1. The molecule has 7 atom stereocenters. The number of aliphatic hydroxyl groups is 1. The van der Waals surface area contributed by atoms with Crippen molar-refractivity contribution in [2.45, 2.75) is 183 Å². The summed E-state index contributed by atoms with van der Waals surface area (Å²) in [5, 5.41) is 20.2. The first-order valence-electron chi connectivity index (χ1n) is 21.9. The summed E-state index contributed by atoms with van der Waals surface area (Å²) in [6.45, 7) is 10.1. The summed E-state index contributed by atoms with van der Waals surface area (Å²) < 4.78 is 20.6. The van der Waals surface area contributed by atoms with Crippen LogP contribution in [0, 0.1) is 17.8 Å². The molecule has 1 aromatic rings. The van der Waals surface area contributed by atoms with Crippen LogP contribution in [0.4, 0.5) is 4.79 Å². The second kappa shape index (κ2) is 15.9. The van der Waals surface area contributed by atoms with Crippen LogP contribution in [-0.2, 0) is 25.5 Å². The summed E-state index contributed by atoms with van der Waals surface area (Å²) in [6, 6.07) is 0.196. The maximum absolute atomic E-state index is 15.4. The van der Waals surface area contributed by atoms with Crippen LogP contribution in [0.1, 0.15) is 134 Å². The van der Waals surface area contributed by atoms with Crippen LogP contribution in [-0.4, -0.2) is 101 Å². The van der Waals surface area contributed by atoms with Crippen LogP contribution < -0.4 is 0 Å². The number of hydrogen-bond donors (Lipinski definition) is 1. The molecule has 7 aliphatic rings. The van der Waals surface area contributed by atoms with Crippen molar-refractivity contribution in [1.82, 2.24) is 24.8 Å². The number of cyclic esters (lactones) is 1. The second-order valence-electron chi connectivity index (χ2n) is 18.8. The summed E-state index contributed by atoms with van der Waals surface area (Å²) in [5.41, 5.74) is 3.28. The van der Waals surface area contributed by atoms with Gasteiger partial charge in [0, 0.05) is 37.9 Å². The van der Waals surface area contributed by atoms with Crippen molar-refractivity contribution in [1.29, 1.82) is 0 Å². The van der Waals surface area contributed by atoms with Crippen LogP contribution in [0.2, 0.25) is 24.2 Å². The molecule has 0 radical (unpaired) electrons. The largest absolute Gasteiger partial charge is 0.448 e. The lowest BCUT2D eigenvalue weighted by molar-refractivity contribution is -0.150. The van der Waals surface area contributed by atoms with Gasteiger partial charge in [0.05, 0.1) is 33.0 Å². The molecule has 2 unspecified atom stereocenters. The third-order valence-corrected chi connectivity index (χ3v) is 20.9. The van der Waals surface area contributed by atoms with E-state index in [0.717, 1.165) is 90.0 Å². The summed E-state index contributed by atoms with van der Waals surface area (Å²) in [5.74, 6) is 0.881. The Morgan fingerprint density at radius 1 is 1.00 bits per heavy atom. The van der Waals surface area contributed by atoms with Gasteiger partial charge in [0.25, 0.3) is 5.91 Å². The lowest BCUT2D eigenvalue weighted by atomic mass is 9.78. The van der Waals surface area contributed by atoms with Gasteiger partial charge in [-0.2, -0.15) is 0 Å². The Morgan fingerprint density at radius 3 is 2.52 bits per heavy atom. The Labute approximate surface area is 323 Å². The highest BCUT2D eigenvalue weighted by atomic mass is 28.3. The molecule has 2 amide bonds. The number of ether oxygens (including phenoxy) is 3. The normalized spacial score (nSPS) is 36.0. The lowest BCUT2D eigenvalue weighted by Crippen LogP contribution is -2.51. The monoisotopic (exact) mass is 765 g/mol. The SMILES string of the molecule is COC1CCC([Si](C)(C)[C@H]2[C@H](CCn3cc([C@H](O)C4CCCCC4)nn3)O[C@@]3(C(=O)N(CC4CCCC(N5CCOC5=O)C4)C4=C3CCCC4)[C@@H]2C)CC1. The van der Waals surface area contributed by atoms with Crippen molar-refractivity contribution in [3.05, 3.63) is 23.2 Å². The van der Waals surface area contributed by atoms with Crippen molar-refractivity contribution >= 4 is 20.1 Å². The van der Waals surface area contributed by atoms with E-state index >= 15 is 4.79 Å². The molecule has 1 N–H and O–H groups in total. The average Bonchev–Trinajstić information content (AvgIpc) is 3.97.